The molecule has 1 fully saturated rings. The first-order chi connectivity index (χ1) is 19.3. The lowest BCUT2D eigenvalue weighted by molar-refractivity contribution is -0.133. The number of aromatic amines is 1. The summed E-state index contributed by atoms with van der Waals surface area (Å²) in [7, 11) is 2.02. The van der Waals surface area contributed by atoms with Crippen molar-refractivity contribution < 1.29 is 19.2 Å². The molecule has 10 heteroatoms. The van der Waals surface area contributed by atoms with E-state index >= 15 is 0 Å². The molecular weight excluding hydrogens is 508 g/mol. The van der Waals surface area contributed by atoms with Crippen LogP contribution in [0.3, 0.4) is 0 Å². The summed E-state index contributed by atoms with van der Waals surface area (Å²) >= 11 is 0. The number of nitrogens with zero attached hydrogens (tertiary/aromatic N) is 1. The summed E-state index contributed by atoms with van der Waals surface area (Å²) in [6.45, 7) is 1.61. The number of fused-ring (bicyclic) bond motifs is 1. The van der Waals surface area contributed by atoms with E-state index in [1.165, 1.54) is 0 Å². The van der Waals surface area contributed by atoms with Crippen molar-refractivity contribution in [2.45, 2.75) is 44.2 Å². The van der Waals surface area contributed by atoms with Crippen molar-refractivity contribution in [3.8, 4) is 0 Å². The second-order valence-electron chi connectivity index (χ2n) is 10.3. The van der Waals surface area contributed by atoms with Gasteiger partial charge in [0.15, 0.2) is 5.78 Å². The van der Waals surface area contributed by atoms with Crippen LogP contribution in [0.1, 0.15) is 31.2 Å². The van der Waals surface area contributed by atoms with E-state index < -0.39 is 29.7 Å². The van der Waals surface area contributed by atoms with Crippen LogP contribution in [0.2, 0.25) is 0 Å². The van der Waals surface area contributed by atoms with Gasteiger partial charge in [0.2, 0.25) is 17.7 Å². The highest BCUT2D eigenvalue weighted by molar-refractivity contribution is 6.26. The maximum Gasteiger partial charge on any atom is 0.246 e. The van der Waals surface area contributed by atoms with Gasteiger partial charge in [-0.15, -0.1) is 0 Å². The number of piperidine rings is 1. The molecule has 1 aliphatic rings. The molecule has 40 heavy (non-hydrogen) atoms. The number of hydrogen-bond acceptors (Lipinski definition) is 6. The largest absolute Gasteiger partial charge is 0.361 e. The number of hydrogen-bond donors (Lipinski definition) is 5. The Balaban J connectivity index is 1.54. The van der Waals surface area contributed by atoms with Crippen molar-refractivity contribution in [1.82, 2.24) is 20.5 Å². The quantitative estimate of drug-likeness (QED) is 0.223. The van der Waals surface area contributed by atoms with E-state index in [2.05, 4.69) is 25.8 Å². The molecule has 1 aromatic heterocycles. The van der Waals surface area contributed by atoms with Crippen molar-refractivity contribution in [1.29, 1.82) is 5.41 Å². The Labute approximate surface area is 233 Å². The van der Waals surface area contributed by atoms with Gasteiger partial charge in [-0.05, 0) is 63.2 Å². The van der Waals surface area contributed by atoms with Gasteiger partial charge in [0.05, 0.1) is 6.21 Å². The van der Waals surface area contributed by atoms with E-state index in [0.717, 1.165) is 29.6 Å². The summed E-state index contributed by atoms with van der Waals surface area (Å²) < 4.78 is 0. The zero-order chi connectivity index (χ0) is 28.5. The van der Waals surface area contributed by atoms with Gasteiger partial charge in [0.25, 0.3) is 0 Å². The number of benzene rings is 2. The minimum absolute atomic E-state index is 0.0152. The van der Waals surface area contributed by atoms with Crippen molar-refractivity contribution in [2.75, 3.05) is 25.5 Å². The van der Waals surface area contributed by atoms with E-state index in [-0.39, 0.29) is 31.1 Å². The van der Waals surface area contributed by atoms with Gasteiger partial charge in [-0.1, -0.05) is 36.4 Å². The molecule has 0 unspecified atom stereocenters. The van der Waals surface area contributed by atoms with E-state index in [4.69, 9.17) is 5.41 Å². The summed E-state index contributed by atoms with van der Waals surface area (Å²) in [6.07, 6.45) is 4.10. The van der Waals surface area contributed by atoms with Crippen molar-refractivity contribution in [3.05, 3.63) is 66.4 Å². The number of likely N-dealkylation sites (tertiary alicyclic amines) is 1. The van der Waals surface area contributed by atoms with Gasteiger partial charge in [0, 0.05) is 41.5 Å². The van der Waals surface area contributed by atoms with Crippen LogP contribution in [0.4, 0.5) is 5.69 Å². The lowest BCUT2D eigenvalue weighted by Gasteiger charge is -2.30. The van der Waals surface area contributed by atoms with Crippen LogP contribution in [-0.2, 0) is 25.6 Å². The molecular formula is C30H36N6O4. The Morgan fingerprint density at radius 2 is 1.68 bits per heavy atom. The fraction of sp³-hybridized carbons (Fsp3) is 0.367. The van der Waals surface area contributed by atoms with Crippen molar-refractivity contribution >= 4 is 46.3 Å². The monoisotopic (exact) mass is 544 g/mol. The first kappa shape index (κ1) is 28.7. The molecule has 1 aliphatic heterocycles. The molecule has 1 saturated heterocycles. The molecule has 0 aliphatic carbocycles. The molecule has 0 saturated carbocycles. The second kappa shape index (κ2) is 13.7. The number of aromatic nitrogens is 1. The Morgan fingerprint density at radius 1 is 0.975 bits per heavy atom. The second-order valence-corrected chi connectivity index (χ2v) is 10.3. The third-order valence-corrected chi connectivity index (χ3v) is 7.34. The number of amides is 3. The molecule has 3 aromatic rings. The predicted octanol–water partition coefficient (Wildman–Crippen LogP) is 2.66. The normalized spacial score (nSPS) is 15.6. The van der Waals surface area contributed by atoms with Gasteiger partial charge in [0.1, 0.15) is 12.1 Å². The lowest BCUT2D eigenvalue weighted by Crippen LogP contribution is -2.54. The zero-order valence-corrected chi connectivity index (χ0v) is 22.6. The fourth-order valence-electron chi connectivity index (χ4n) is 4.94. The predicted molar refractivity (Wildman–Crippen MR) is 154 cm³/mol. The van der Waals surface area contributed by atoms with Crippen LogP contribution in [0.15, 0.2) is 60.8 Å². The smallest absolute Gasteiger partial charge is 0.246 e. The molecule has 5 N–H and O–H groups in total. The Kier molecular flexibility index (Phi) is 9.80. The number of rotatable bonds is 12. The number of carbonyl (C=O) groups is 4. The van der Waals surface area contributed by atoms with Crippen LogP contribution < -0.4 is 16.0 Å². The number of nitrogens with one attached hydrogen (secondary N) is 5. The Morgan fingerprint density at radius 3 is 2.40 bits per heavy atom. The van der Waals surface area contributed by atoms with Gasteiger partial charge in [-0.2, -0.15) is 0 Å². The summed E-state index contributed by atoms with van der Waals surface area (Å²) in [5.41, 5.74) is 2.34. The van der Waals surface area contributed by atoms with Crippen LogP contribution in [-0.4, -0.2) is 71.8 Å². The maximum atomic E-state index is 13.7. The van der Waals surface area contributed by atoms with Crippen molar-refractivity contribution in [3.63, 3.8) is 0 Å². The number of para-hydroxylation sites is 2. The van der Waals surface area contributed by atoms with Crippen molar-refractivity contribution in [2.24, 2.45) is 5.92 Å². The first-order valence-electron chi connectivity index (χ1n) is 13.6. The van der Waals surface area contributed by atoms with Crippen LogP contribution >= 0.6 is 0 Å². The molecule has 10 nitrogen and oxygen atoms in total. The molecule has 0 radical (unpaired) electrons. The van der Waals surface area contributed by atoms with E-state index in [0.29, 0.717) is 24.7 Å². The lowest BCUT2D eigenvalue weighted by atomic mass is 9.95. The fourth-order valence-corrected chi connectivity index (χ4v) is 4.94. The van der Waals surface area contributed by atoms with E-state index in [1.807, 2.05) is 43.6 Å². The average molecular weight is 545 g/mol. The highest BCUT2D eigenvalue weighted by Gasteiger charge is 2.31. The zero-order valence-electron chi connectivity index (χ0n) is 22.6. The Hall–Kier alpha value is -4.31. The summed E-state index contributed by atoms with van der Waals surface area (Å²) in [5, 5.41) is 16.7. The van der Waals surface area contributed by atoms with Gasteiger partial charge < -0.3 is 31.2 Å². The molecule has 3 amide bonds. The van der Waals surface area contributed by atoms with E-state index in [1.54, 1.807) is 24.3 Å². The third kappa shape index (κ3) is 7.63. The topological polar surface area (TPSA) is 147 Å². The molecule has 0 spiro atoms. The van der Waals surface area contributed by atoms with Crippen LogP contribution in [0.5, 0.6) is 0 Å². The number of anilines is 1. The molecule has 4 rings (SSSR count). The molecule has 2 aromatic carbocycles. The maximum absolute atomic E-state index is 13.7. The first-order valence-corrected chi connectivity index (χ1v) is 13.6. The summed E-state index contributed by atoms with van der Waals surface area (Å²) in [6, 6.07) is 14.6. The highest BCUT2D eigenvalue weighted by atomic mass is 16.2. The van der Waals surface area contributed by atoms with Gasteiger partial charge >= 0.3 is 0 Å². The number of H-pyrrole nitrogens is 1. The molecule has 2 heterocycles. The minimum atomic E-state index is -1.04. The third-order valence-electron chi connectivity index (χ3n) is 7.34. The molecule has 0 bridgehead atoms. The molecule has 2 atom stereocenters. The number of carbonyl (C=O) groups excluding carboxylic acids is 4. The highest BCUT2D eigenvalue weighted by Crippen LogP contribution is 2.21. The standard InChI is InChI=1S/C30H36N6O4/c1-36-15-13-20(14-16-36)28(38)35-27(17-21-19-32-25-10-6-5-9-24(21)25)30(40)34-26(12-11-23(37)18-31)29(39)33-22-7-3-2-4-8-22/h2-10,18-20,26-27,31-32H,11-17H2,1H3,(H,33,39)(H,34,40)(H,35,38)/t26-,27-/m0/s1. The van der Waals surface area contributed by atoms with Crippen LogP contribution in [0, 0.1) is 11.3 Å². The van der Waals surface area contributed by atoms with Gasteiger partial charge in [-0.25, -0.2) is 0 Å². The van der Waals surface area contributed by atoms with Gasteiger partial charge in [-0.3, -0.25) is 19.2 Å². The molecule has 210 valence electrons. The Bertz CT molecular complexity index is 1350. The van der Waals surface area contributed by atoms with E-state index in [9.17, 15) is 19.2 Å². The summed E-state index contributed by atoms with van der Waals surface area (Å²) in [5.74, 6) is -1.82. The minimum Gasteiger partial charge on any atom is -0.361 e. The SMILES string of the molecule is CN1CCC(C(=O)N[C@@H](Cc2c[nH]c3ccccc23)C(=O)N[C@@H](CCC(=O)C=N)C(=O)Nc2ccccc2)CC1. The average Bonchev–Trinajstić information content (AvgIpc) is 3.38. The summed E-state index contributed by atoms with van der Waals surface area (Å²) in [4.78, 5) is 57.4. The number of Topliss-reactive ketones (excluding diaryl/α,β-unsaturated/α-hetero) is 1. The number of ketones is 1. The van der Waals surface area contributed by atoms with Crippen LogP contribution in [0.25, 0.3) is 10.9 Å².